The second-order valence-corrected chi connectivity index (χ2v) is 4.89. The van der Waals surface area contributed by atoms with Crippen LogP contribution in [0.15, 0.2) is 47.1 Å². The summed E-state index contributed by atoms with van der Waals surface area (Å²) in [5.74, 6) is 0.964. The molecule has 1 atom stereocenters. The van der Waals surface area contributed by atoms with E-state index in [-0.39, 0.29) is 6.04 Å². The first kappa shape index (κ1) is 13.7. The molecular formula is C16H22N2O. The molecule has 3 nitrogen and oxygen atoms in total. The van der Waals surface area contributed by atoms with Gasteiger partial charge in [-0.2, -0.15) is 0 Å². The van der Waals surface area contributed by atoms with Crippen LogP contribution >= 0.6 is 0 Å². The van der Waals surface area contributed by atoms with Crippen LogP contribution in [0, 0.1) is 0 Å². The summed E-state index contributed by atoms with van der Waals surface area (Å²) in [6, 6.07) is 12.7. The van der Waals surface area contributed by atoms with Gasteiger partial charge in [0.2, 0.25) is 0 Å². The average Bonchev–Trinajstić information content (AvgIpc) is 2.94. The van der Waals surface area contributed by atoms with E-state index < -0.39 is 0 Å². The summed E-state index contributed by atoms with van der Waals surface area (Å²) < 4.78 is 5.55. The van der Waals surface area contributed by atoms with Crippen molar-refractivity contribution in [3.05, 3.63) is 54.0 Å². The van der Waals surface area contributed by atoms with Gasteiger partial charge in [-0.3, -0.25) is 0 Å². The van der Waals surface area contributed by atoms with Gasteiger partial charge in [-0.15, -0.1) is 0 Å². The van der Waals surface area contributed by atoms with Crippen molar-refractivity contribution in [2.45, 2.75) is 19.4 Å². The summed E-state index contributed by atoms with van der Waals surface area (Å²) >= 11 is 0. The lowest BCUT2D eigenvalue weighted by atomic mass is 10.0. The van der Waals surface area contributed by atoms with E-state index >= 15 is 0 Å². The van der Waals surface area contributed by atoms with Crippen molar-refractivity contribution < 1.29 is 4.42 Å². The molecule has 0 fully saturated rings. The smallest absolute Gasteiger partial charge is 0.125 e. The van der Waals surface area contributed by atoms with Gasteiger partial charge in [0.05, 0.1) is 12.3 Å². The van der Waals surface area contributed by atoms with Gasteiger partial charge in [-0.1, -0.05) is 19.1 Å². The van der Waals surface area contributed by atoms with Crippen LogP contribution in [-0.4, -0.2) is 20.6 Å². The zero-order valence-corrected chi connectivity index (χ0v) is 11.9. The van der Waals surface area contributed by atoms with Crippen LogP contribution in [0.5, 0.6) is 0 Å². The molecule has 0 bridgehead atoms. The Morgan fingerprint density at radius 1 is 1.16 bits per heavy atom. The van der Waals surface area contributed by atoms with Crippen molar-refractivity contribution >= 4 is 5.69 Å². The van der Waals surface area contributed by atoms with E-state index in [2.05, 4.69) is 41.4 Å². The number of nitrogens with zero attached hydrogens (tertiary/aromatic N) is 1. The third-order valence-electron chi connectivity index (χ3n) is 3.17. The van der Waals surface area contributed by atoms with Crippen molar-refractivity contribution in [3.8, 4) is 0 Å². The Morgan fingerprint density at radius 2 is 1.89 bits per heavy atom. The van der Waals surface area contributed by atoms with Crippen LogP contribution in [-0.2, 0) is 0 Å². The van der Waals surface area contributed by atoms with E-state index in [0.717, 1.165) is 18.7 Å². The van der Waals surface area contributed by atoms with E-state index in [1.807, 2.05) is 26.2 Å². The first-order valence-corrected chi connectivity index (χ1v) is 6.76. The van der Waals surface area contributed by atoms with Gasteiger partial charge >= 0.3 is 0 Å². The molecule has 102 valence electrons. The molecule has 0 saturated carbocycles. The Hall–Kier alpha value is -1.74. The maximum absolute atomic E-state index is 5.55. The fourth-order valence-electron chi connectivity index (χ4n) is 2.09. The molecule has 0 saturated heterocycles. The van der Waals surface area contributed by atoms with Crippen molar-refractivity contribution in [2.24, 2.45) is 0 Å². The van der Waals surface area contributed by atoms with Crippen molar-refractivity contribution in [1.29, 1.82) is 0 Å². The van der Waals surface area contributed by atoms with Crippen molar-refractivity contribution in [3.63, 3.8) is 0 Å². The van der Waals surface area contributed by atoms with Gasteiger partial charge in [0.25, 0.3) is 0 Å². The SMILES string of the molecule is CCCNC(c1ccc(N(C)C)cc1)c1ccco1. The summed E-state index contributed by atoms with van der Waals surface area (Å²) in [5, 5.41) is 3.53. The minimum absolute atomic E-state index is 0.131. The van der Waals surface area contributed by atoms with Gasteiger partial charge in [0.1, 0.15) is 5.76 Å². The van der Waals surface area contributed by atoms with Gasteiger partial charge in [0, 0.05) is 19.8 Å². The van der Waals surface area contributed by atoms with Crippen LogP contribution in [0.2, 0.25) is 0 Å². The van der Waals surface area contributed by atoms with Crippen LogP contribution in [0.25, 0.3) is 0 Å². The van der Waals surface area contributed by atoms with Crippen LogP contribution in [0.3, 0.4) is 0 Å². The van der Waals surface area contributed by atoms with E-state index in [1.165, 1.54) is 11.3 Å². The largest absolute Gasteiger partial charge is 0.467 e. The molecule has 0 radical (unpaired) electrons. The molecule has 1 aromatic heterocycles. The fraction of sp³-hybridized carbons (Fsp3) is 0.375. The van der Waals surface area contributed by atoms with Crippen LogP contribution in [0.1, 0.15) is 30.7 Å². The first-order valence-electron chi connectivity index (χ1n) is 6.76. The predicted molar refractivity (Wildman–Crippen MR) is 79.6 cm³/mol. The standard InChI is InChI=1S/C16H22N2O/c1-4-11-17-16(15-6-5-12-19-15)13-7-9-14(10-8-13)18(2)3/h5-10,12,16-17H,4,11H2,1-3H3. The highest BCUT2D eigenvalue weighted by Gasteiger charge is 2.15. The topological polar surface area (TPSA) is 28.4 Å². The minimum atomic E-state index is 0.131. The van der Waals surface area contributed by atoms with Gasteiger partial charge in [-0.25, -0.2) is 0 Å². The fourth-order valence-corrected chi connectivity index (χ4v) is 2.09. The number of nitrogens with one attached hydrogen (secondary N) is 1. The molecule has 0 aliphatic heterocycles. The summed E-state index contributed by atoms with van der Waals surface area (Å²) in [6.45, 7) is 3.14. The molecule has 1 heterocycles. The zero-order valence-electron chi connectivity index (χ0n) is 11.9. The van der Waals surface area contributed by atoms with Gasteiger partial charge < -0.3 is 14.6 Å². The molecule has 2 rings (SSSR count). The van der Waals surface area contributed by atoms with E-state index in [0.29, 0.717) is 0 Å². The normalized spacial score (nSPS) is 12.4. The Kier molecular flexibility index (Phi) is 4.63. The third-order valence-corrected chi connectivity index (χ3v) is 3.17. The lowest BCUT2D eigenvalue weighted by molar-refractivity contribution is 0.446. The summed E-state index contributed by atoms with van der Waals surface area (Å²) in [4.78, 5) is 2.10. The molecule has 0 aliphatic carbocycles. The monoisotopic (exact) mass is 258 g/mol. The highest BCUT2D eigenvalue weighted by molar-refractivity contribution is 5.47. The molecule has 2 aromatic rings. The van der Waals surface area contributed by atoms with E-state index in [9.17, 15) is 0 Å². The Morgan fingerprint density at radius 3 is 2.42 bits per heavy atom. The number of benzene rings is 1. The molecule has 0 spiro atoms. The van der Waals surface area contributed by atoms with Crippen molar-refractivity contribution in [2.75, 3.05) is 25.5 Å². The molecule has 19 heavy (non-hydrogen) atoms. The number of anilines is 1. The molecule has 0 amide bonds. The lowest BCUT2D eigenvalue weighted by Gasteiger charge is -2.18. The molecule has 1 N–H and O–H groups in total. The number of rotatable bonds is 6. The maximum atomic E-state index is 5.55. The van der Waals surface area contributed by atoms with Crippen LogP contribution < -0.4 is 10.2 Å². The van der Waals surface area contributed by atoms with Gasteiger partial charge in [-0.05, 0) is 42.8 Å². The highest BCUT2D eigenvalue weighted by Crippen LogP contribution is 2.24. The Bertz CT molecular complexity index is 474. The molecule has 3 heteroatoms. The van der Waals surface area contributed by atoms with Crippen molar-refractivity contribution in [1.82, 2.24) is 5.32 Å². The second kappa shape index (κ2) is 6.43. The summed E-state index contributed by atoms with van der Waals surface area (Å²) in [5.41, 5.74) is 2.44. The quantitative estimate of drug-likeness (QED) is 0.860. The summed E-state index contributed by atoms with van der Waals surface area (Å²) in [7, 11) is 4.10. The molecular weight excluding hydrogens is 236 g/mol. The molecule has 0 aliphatic rings. The highest BCUT2D eigenvalue weighted by atomic mass is 16.3. The Balaban J connectivity index is 2.22. The van der Waals surface area contributed by atoms with E-state index in [1.54, 1.807) is 6.26 Å². The minimum Gasteiger partial charge on any atom is -0.467 e. The molecule has 1 unspecified atom stereocenters. The first-order chi connectivity index (χ1) is 9.22. The van der Waals surface area contributed by atoms with Gasteiger partial charge in [0.15, 0.2) is 0 Å². The van der Waals surface area contributed by atoms with Crippen LogP contribution in [0.4, 0.5) is 5.69 Å². The third kappa shape index (κ3) is 3.38. The number of hydrogen-bond donors (Lipinski definition) is 1. The zero-order chi connectivity index (χ0) is 13.7. The second-order valence-electron chi connectivity index (χ2n) is 4.89. The van der Waals surface area contributed by atoms with E-state index in [4.69, 9.17) is 4.42 Å². The lowest BCUT2D eigenvalue weighted by Crippen LogP contribution is -2.22. The molecule has 1 aromatic carbocycles. The number of furan rings is 1. The predicted octanol–water partition coefficient (Wildman–Crippen LogP) is 3.43. The summed E-state index contributed by atoms with van der Waals surface area (Å²) in [6.07, 6.45) is 2.83. The average molecular weight is 258 g/mol. The Labute approximate surface area is 115 Å². The number of hydrogen-bond acceptors (Lipinski definition) is 3. The maximum Gasteiger partial charge on any atom is 0.125 e.